The van der Waals surface area contributed by atoms with E-state index in [1.165, 1.54) is 0 Å². The van der Waals surface area contributed by atoms with Gasteiger partial charge in [-0.2, -0.15) is 0 Å². The van der Waals surface area contributed by atoms with E-state index in [-0.39, 0.29) is 0 Å². The van der Waals surface area contributed by atoms with Gasteiger partial charge in [0.2, 0.25) is 0 Å². The predicted octanol–water partition coefficient (Wildman–Crippen LogP) is 1.35. The third kappa shape index (κ3) is 21.9. The number of rotatable bonds is 8. The average molecular weight is 271 g/mol. The molecule has 0 aliphatic rings. The zero-order chi connectivity index (χ0) is 13.7. The molecule has 1 atom stereocenters. The molecule has 0 spiro atoms. The van der Waals surface area contributed by atoms with E-state index in [4.69, 9.17) is 21.1 Å². The van der Waals surface area contributed by atoms with Crippen molar-refractivity contribution in [3.05, 3.63) is 0 Å². The molecule has 0 aromatic carbocycles. The summed E-state index contributed by atoms with van der Waals surface area (Å²) in [4.78, 5) is 0. The molecule has 1 N–H and O–H groups in total. The largest absolute Gasteiger partial charge is 0.385 e. The summed E-state index contributed by atoms with van der Waals surface area (Å²) in [6.45, 7) is 7.25. The smallest absolute Gasteiger partial charge is 0.126 e. The Kier molecular flexibility index (Phi) is 14.4. The zero-order valence-corrected chi connectivity index (χ0v) is 12.7. The van der Waals surface area contributed by atoms with Crippen LogP contribution in [0, 0.1) is 0 Å². The van der Waals surface area contributed by atoms with Gasteiger partial charge in [0.1, 0.15) is 12.6 Å². The third-order valence-electron chi connectivity index (χ3n) is 1.70. The van der Waals surface area contributed by atoms with Gasteiger partial charge in [-0.15, -0.1) is 11.6 Å². The Morgan fingerprint density at radius 2 is 1.65 bits per heavy atom. The van der Waals surface area contributed by atoms with Crippen LogP contribution in [0.15, 0.2) is 0 Å². The number of quaternary nitrogens is 1. The fourth-order valence-electron chi connectivity index (χ4n) is 1.16. The number of ether oxygens (including phenoxy) is 2. The molecule has 0 bridgehead atoms. The highest BCUT2D eigenvalue weighted by molar-refractivity contribution is 6.17. The molecule has 0 aliphatic heterocycles. The van der Waals surface area contributed by atoms with Crippen molar-refractivity contribution in [1.82, 2.24) is 0 Å². The molecule has 0 aromatic rings. The summed E-state index contributed by atoms with van der Waals surface area (Å²) >= 11 is 5.41. The number of likely N-dealkylation sites (N-methyl/N-ethyl adjacent to an activating group) is 1. The minimum absolute atomic E-state index is 0.377. The Labute approximate surface area is 111 Å². The molecule has 4 nitrogen and oxygen atoms in total. The maximum atomic E-state index is 9.43. The minimum atomic E-state index is -0.395. The van der Waals surface area contributed by atoms with Crippen LogP contribution in [0.25, 0.3) is 0 Å². The third-order valence-corrected chi connectivity index (χ3v) is 1.85. The van der Waals surface area contributed by atoms with E-state index >= 15 is 0 Å². The van der Waals surface area contributed by atoms with Crippen molar-refractivity contribution in [2.75, 3.05) is 60.0 Å². The molecule has 5 heteroatoms. The van der Waals surface area contributed by atoms with Crippen LogP contribution >= 0.6 is 11.6 Å². The van der Waals surface area contributed by atoms with Gasteiger partial charge in [-0.25, -0.2) is 0 Å². The number of nitrogens with zero attached hydrogens (tertiary/aromatic N) is 1. The molecule has 0 radical (unpaired) electrons. The highest BCUT2D eigenvalue weighted by Crippen LogP contribution is 1.95. The second-order valence-corrected chi connectivity index (χ2v) is 5.05. The van der Waals surface area contributed by atoms with E-state index in [2.05, 4.69) is 0 Å². The molecular weight excluding hydrogens is 242 g/mol. The molecule has 0 rings (SSSR count). The fraction of sp³-hybridized carbons (Fsp3) is 1.00. The quantitative estimate of drug-likeness (QED) is 0.411. The van der Waals surface area contributed by atoms with E-state index in [9.17, 15) is 5.11 Å². The Morgan fingerprint density at radius 1 is 1.12 bits per heavy atom. The van der Waals surface area contributed by atoms with Gasteiger partial charge in [-0.3, -0.25) is 0 Å². The Balaban J connectivity index is 0. The van der Waals surface area contributed by atoms with Crippen molar-refractivity contribution in [2.45, 2.75) is 20.0 Å². The SMILES string of the molecule is CCOCC.C[N+](C)(C)CC(O)COCCCl. The molecule has 0 amide bonds. The van der Waals surface area contributed by atoms with Crippen LogP contribution in [0.4, 0.5) is 0 Å². The van der Waals surface area contributed by atoms with Crippen molar-refractivity contribution in [2.24, 2.45) is 0 Å². The minimum Gasteiger partial charge on any atom is -0.385 e. The van der Waals surface area contributed by atoms with Crippen LogP contribution in [0.5, 0.6) is 0 Å². The monoisotopic (exact) mass is 270 g/mol. The van der Waals surface area contributed by atoms with Crippen LogP contribution in [-0.4, -0.2) is 75.7 Å². The van der Waals surface area contributed by atoms with Crippen LogP contribution in [0.1, 0.15) is 13.8 Å². The molecule has 17 heavy (non-hydrogen) atoms. The van der Waals surface area contributed by atoms with Gasteiger partial charge in [0.15, 0.2) is 0 Å². The van der Waals surface area contributed by atoms with Crippen LogP contribution in [0.3, 0.4) is 0 Å². The van der Waals surface area contributed by atoms with Crippen LogP contribution < -0.4 is 0 Å². The van der Waals surface area contributed by atoms with Crippen molar-refractivity contribution >= 4 is 11.6 Å². The summed E-state index contributed by atoms with van der Waals surface area (Å²) in [6.07, 6.45) is -0.395. The standard InChI is InChI=1S/C8H19ClNO2.C4H10O/c1-10(2,3)6-8(11)7-12-5-4-9;1-3-5-4-2/h8,11H,4-7H2,1-3H3;3-4H2,1-2H3/q+1;. The van der Waals surface area contributed by atoms with Crippen LogP contribution in [0.2, 0.25) is 0 Å². The summed E-state index contributed by atoms with van der Waals surface area (Å²) in [5, 5.41) is 9.43. The Morgan fingerprint density at radius 3 is 1.94 bits per heavy atom. The van der Waals surface area contributed by atoms with Gasteiger partial charge in [0.25, 0.3) is 0 Å². The number of alkyl halides is 1. The number of aliphatic hydroxyl groups excluding tert-OH is 1. The summed E-state index contributed by atoms with van der Waals surface area (Å²) in [7, 11) is 6.10. The summed E-state index contributed by atoms with van der Waals surface area (Å²) in [5.74, 6) is 0.483. The molecule has 0 saturated heterocycles. The molecule has 0 aliphatic carbocycles. The van der Waals surface area contributed by atoms with Gasteiger partial charge in [0, 0.05) is 19.1 Å². The first-order valence-corrected chi connectivity index (χ1v) is 6.60. The van der Waals surface area contributed by atoms with E-state index in [1.54, 1.807) is 0 Å². The topological polar surface area (TPSA) is 38.7 Å². The maximum absolute atomic E-state index is 9.43. The number of hydrogen-bond donors (Lipinski definition) is 1. The normalized spacial score (nSPS) is 12.9. The molecule has 1 unspecified atom stereocenters. The van der Waals surface area contributed by atoms with Gasteiger partial charge in [-0.1, -0.05) is 0 Å². The lowest BCUT2D eigenvalue weighted by molar-refractivity contribution is -0.873. The highest BCUT2D eigenvalue weighted by atomic mass is 35.5. The van der Waals surface area contributed by atoms with Gasteiger partial charge >= 0.3 is 0 Å². The average Bonchev–Trinajstić information content (AvgIpc) is 2.17. The lowest BCUT2D eigenvalue weighted by atomic mass is 10.3. The maximum Gasteiger partial charge on any atom is 0.126 e. The van der Waals surface area contributed by atoms with Crippen molar-refractivity contribution in [1.29, 1.82) is 0 Å². The predicted molar refractivity (Wildman–Crippen MR) is 72.6 cm³/mol. The van der Waals surface area contributed by atoms with Crippen molar-refractivity contribution in [3.8, 4) is 0 Å². The van der Waals surface area contributed by atoms with E-state index < -0.39 is 6.10 Å². The number of hydrogen-bond acceptors (Lipinski definition) is 3. The molecule has 0 saturated carbocycles. The zero-order valence-electron chi connectivity index (χ0n) is 11.9. The molecule has 0 heterocycles. The first-order valence-electron chi connectivity index (χ1n) is 6.07. The highest BCUT2D eigenvalue weighted by Gasteiger charge is 2.14. The van der Waals surface area contributed by atoms with E-state index in [0.717, 1.165) is 17.7 Å². The summed E-state index contributed by atoms with van der Waals surface area (Å²) < 4.78 is 10.7. The first kappa shape index (κ1) is 19.5. The second kappa shape index (κ2) is 12.6. The second-order valence-electron chi connectivity index (χ2n) is 4.67. The van der Waals surface area contributed by atoms with E-state index in [0.29, 0.717) is 25.6 Å². The van der Waals surface area contributed by atoms with E-state index in [1.807, 2.05) is 35.0 Å². The molecule has 106 valence electrons. The summed E-state index contributed by atoms with van der Waals surface area (Å²) in [6, 6.07) is 0. The van der Waals surface area contributed by atoms with Gasteiger partial charge < -0.3 is 19.1 Å². The molecule has 0 fully saturated rings. The van der Waals surface area contributed by atoms with Gasteiger partial charge in [-0.05, 0) is 13.8 Å². The molecule has 0 aromatic heterocycles. The Hall–Kier alpha value is 0.130. The number of aliphatic hydroxyl groups is 1. The fourth-order valence-corrected chi connectivity index (χ4v) is 1.27. The Bertz CT molecular complexity index is 149. The number of halogens is 1. The van der Waals surface area contributed by atoms with Gasteiger partial charge in [0.05, 0.1) is 34.4 Å². The lowest BCUT2D eigenvalue weighted by Gasteiger charge is -2.26. The summed E-state index contributed by atoms with van der Waals surface area (Å²) in [5.41, 5.74) is 0. The lowest BCUT2D eigenvalue weighted by Crippen LogP contribution is -2.43. The van der Waals surface area contributed by atoms with Crippen molar-refractivity contribution < 1.29 is 19.1 Å². The molecular formula is C12H29ClNO3+. The van der Waals surface area contributed by atoms with Crippen molar-refractivity contribution in [3.63, 3.8) is 0 Å². The van der Waals surface area contributed by atoms with Crippen LogP contribution in [-0.2, 0) is 9.47 Å². The first-order chi connectivity index (χ1) is 7.87.